The first kappa shape index (κ1) is 40.2. The molecule has 4 saturated heterocycles. The number of anilines is 2. The van der Waals surface area contributed by atoms with Gasteiger partial charge in [0.05, 0.1) is 70.0 Å². The van der Waals surface area contributed by atoms with Crippen molar-refractivity contribution in [1.29, 1.82) is 0 Å². The quantitative estimate of drug-likeness (QED) is 0.166. The Bertz CT molecular complexity index is 2260. The van der Waals surface area contributed by atoms with Gasteiger partial charge in [-0.15, -0.1) is 0 Å². The lowest BCUT2D eigenvalue weighted by atomic mass is 9.93. The first-order valence-electron chi connectivity index (χ1n) is 17.6. The second-order valence-corrected chi connectivity index (χ2v) is 17.8. The largest absolute Gasteiger partial charge is 0.476 e. The number of rotatable bonds is 10. The van der Waals surface area contributed by atoms with Crippen molar-refractivity contribution in [3.8, 4) is 5.88 Å². The Kier molecular flexibility index (Phi) is 10.1. The van der Waals surface area contributed by atoms with Crippen LogP contribution in [0.2, 0.25) is 0 Å². The summed E-state index contributed by atoms with van der Waals surface area (Å²) in [7, 11) is -8.57. The lowest BCUT2D eigenvalue weighted by Crippen LogP contribution is -2.46. The number of nitrogens with zero attached hydrogens (tertiary/aromatic N) is 8. The molecule has 23 nitrogen and oxygen atoms in total. The van der Waals surface area contributed by atoms with E-state index in [9.17, 15) is 19.3 Å². The van der Waals surface area contributed by atoms with Crippen LogP contribution < -0.4 is 16.2 Å². The molecule has 27 heteroatoms. The molecule has 8 heterocycles. The molecule has 4 aromatic rings. The molecule has 2 unspecified atom stereocenters. The number of aliphatic hydroxyl groups excluding tert-OH is 2. The molecule has 4 aliphatic rings. The van der Waals surface area contributed by atoms with Gasteiger partial charge in [0.25, 0.3) is 0 Å². The minimum absolute atomic E-state index is 0.0634. The number of fused-ring (bicyclic) bond motifs is 2. The van der Waals surface area contributed by atoms with Gasteiger partial charge in [0.2, 0.25) is 17.8 Å². The molecule has 312 valence electrons. The second-order valence-electron chi connectivity index (χ2n) is 14.5. The number of aryl methyl sites for hydroxylation is 1. The van der Waals surface area contributed by atoms with Gasteiger partial charge in [-0.25, -0.2) is 32.9 Å². The van der Waals surface area contributed by atoms with Crippen molar-refractivity contribution in [3.05, 3.63) is 18.3 Å². The molecule has 4 fully saturated rings. The normalized spacial score (nSPS) is 38.5. The summed E-state index contributed by atoms with van der Waals surface area (Å²) < 4.78 is 111. The molecule has 8 rings (SSSR count). The lowest BCUT2D eigenvalue weighted by molar-refractivity contribution is -0.107. The van der Waals surface area contributed by atoms with Gasteiger partial charge in [-0.2, -0.15) is 15.0 Å². The van der Waals surface area contributed by atoms with Gasteiger partial charge in [-0.05, 0) is 27.7 Å². The zero-order valence-electron chi connectivity index (χ0n) is 30.8. The van der Waals surface area contributed by atoms with E-state index in [4.69, 9.17) is 52.8 Å². The van der Waals surface area contributed by atoms with Crippen LogP contribution in [0.3, 0.4) is 0 Å². The third-order valence-electron chi connectivity index (χ3n) is 10.1. The fraction of sp³-hybridized carbons (Fsp3) is 0.667. The number of halogens is 2. The maximum Gasteiger partial charge on any atom is 0.474 e. The molecular formula is C30H40F2N10O13P2. The Morgan fingerprint density at radius 1 is 0.789 bits per heavy atom. The van der Waals surface area contributed by atoms with Crippen LogP contribution in [-0.4, -0.2) is 131 Å². The van der Waals surface area contributed by atoms with Crippen molar-refractivity contribution in [2.75, 3.05) is 57.7 Å². The fourth-order valence-corrected chi connectivity index (χ4v) is 9.77. The zero-order chi connectivity index (χ0) is 40.7. The van der Waals surface area contributed by atoms with E-state index >= 15 is 8.78 Å². The molecular weight excluding hydrogens is 808 g/mol. The molecule has 4 aromatic heterocycles. The highest BCUT2D eigenvalue weighted by Crippen LogP contribution is 2.61. The molecule has 0 radical (unpaired) electrons. The van der Waals surface area contributed by atoms with E-state index in [-0.39, 0.29) is 67.6 Å². The van der Waals surface area contributed by atoms with Crippen molar-refractivity contribution >= 4 is 49.9 Å². The molecule has 0 aromatic carbocycles. The van der Waals surface area contributed by atoms with Gasteiger partial charge in [-0.3, -0.25) is 36.3 Å². The number of alkyl halides is 2. The fourth-order valence-electron chi connectivity index (χ4n) is 6.93. The topological polar surface area (TPSA) is 297 Å². The van der Waals surface area contributed by atoms with Crippen molar-refractivity contribution in [3.63, 3.8) is 0 Å². The molecule has 4 aliphatic heterocycles. The first-order chi connectivity index (χ1) is 26.9. The van der Waals surface area contributed by atoms with E-state index in [1.54, 1.807) is 13.8 Å². The summed E-state index contributed by atoms with van der Waals surface area (Å²) in [4.78, 5) is 24.8. The van der Waals surface area contributed by atoms with E-state index < -0.39 is 82.5 Å². The second kappa shape index (κ2) is 14.3. The number of ether oxygens (including phenoxy) is 3. The Morgan fingerprint density at radius 2 is 1.23 bits per heavy atom. The number of imidazole rings is 2. The van der Waals surface area contributed by atoms with Gasteiger partial charge in [-0.1, -0.05) is 0 Å². The summed E-state index contributed by atoms with van der Waals surface area (Å²) >= 11 is 0. The van der Waals surface area contributed by atoms with E-state index in [0.29, 0.717) is 11.2 Å². The SMILES string of the molecule is CCOc1nc(N)nc2c1ncn2C1O[C@H](COP2(=O)OCC3(COP(=O)(OCC4O[C@@H](n5cnc6c(C)nc(N)nc65)[C@](C)(F)[C@@H]4O)OC3)CO2)[C@@H](O)[C@@]1(C)F. The van der Waals surface area contributed by atoms with Crippen molar-refractivity contribution in [1.82, 2.24) is 39.0 Å². The zero-order valence-corrected chi connectivity index (χ0v) is 32.6. The predicted octanol–water partition coefficient (Wildman–Crippen LogP) is 1.84. The van der Waals surface area contributed by atoms with Crippen LogP contribution in [-0.2, 0) is 45.7 Å². The molecule has 0 amide bonds. The van der Waals surface area contributed by atoms with E-state index in [2.05, 4.69) is 29.9 Å². The molecule has 0 bridgehead atoms. The average molecular weight is 849 g/mol. The predicted molar refractivity (Wildman–Crippen MR) is 188 cm³/mol. The molecule has 0 aliphatic carbocycles. The molecule has 1 spiro atoms. The van der Waals surface area contributed by atoms with Crippen LogP contribution in [0.4, 0.5) is 20.7 Å². The number of phosphoric ester groups is 2. The molecule has 57 heavy (non-hydrogen) atoms. The smallest absolute Gasteiger partial charge is 0.474 e. The highest BCUT2D eigenvalue weighted by molar-refractivity contribution is 7.48. The van der Waals surface area contributed by atoms with Crippen LogP contribution in [0.15, 0.2) is 12.7 Å². The van der Waals surface area contributed by atoms with Gasteiger partial charge in [0, 0.05) is 0 Å². The maximum absolute atomic E-state index is 16.0. The Balaban J connectivity index is 0.846. The summed E-state index contributed by atoms with van der Waals surface area (Å²) in [6.45, 7) is 3.42. The Hall–Kier alpha value is -3.58. The monoisotopic (exact) mass is 848 g/mol. The molecule has 8 atom stereocenters. The van der Waals surface area contributed by atoms with Crippen molar-refractivity contribution in [2.45, 2.75) is 75.9 Å². The molecule has 0 saturated carbocycles. The summed E-state index contributed by atoms with van der Waals surface area (Å²) in [5, 5.41) is 21.7. The standard InChI is InChI=1S/C30H40F2N10O13P2/c1-5-47-23-18-22(39-27(34)40-23)42(13-36-18)25-29(4,32)20(44)16(55-25)7-49-57(46)52-10-30(11-53-57)8-50-56(45,51-9-30)48-6-15-19(43)28(3,31)24(54-15)41-12-35-17-14(2)37-26(33)38-21(17)41/h12-13,15-16,19-20,24-25,43-44H,5-11H2,1-4H3,(H2,33,37,38)(H2,34,39,40)/t15?,16-,19-,20-,24-,25?,28-,29-,30?,56?,57?/m1/s1. The first-order valence-corrected chi connectivity index (χ1v) is 20.5. The number of nitrogen functional groups attached to an aromatic ring is 2. The third-order valence-corrected chi connectivity index (χ3v) is 12.9. The average Bonchev–Trinajstić information content (AvgIpc) is 3.88. The third kappa shape index (κ3) is 7.06. The summed E-state index contributed by atoms with van der Waals surface area (Å²) in [6, 6.07) is 0. The molecule has 6 N–H and O–H groups in total. The number of aliphatic hydroxyl groups is 2. The summed E-state index contributed by atoms with van der Waals surface area (Å²) in [6.07, 6.45) is -6.55. The van der Waals surface area contributed by atoms with E-state index in [1.807, 2.05) is 0 Å². The van der Waals surface area contributed by atoms with Crippen molar-refractivity contribution < 1.29 is 69.5 Å². The van der Waals surface area contributed by atoms with E-state index in [1.165, 1.54) is 21.8 Å². The number of phosphoric acid groups is 2. The van der Waals surface area contributed by atoms with Gasteiger partial charge >= 0.3 is 15.6 Å². The van der Waals surface area contributed by atoms with Crippen LogP contribution in [0.1, 0.15) is 38.9 Å². The number of hydrogen-bond donors (Lipinski definition) is 4. The minimum atomic E-state index is -4.29. The van der Waals surface area contributed by atoms with E-state index in [0.717, 1.165) is 13.8 Å². The Labute approximate surface area is 321 Å². The Morgan fingerprint density at radius 3 is 1.70 bits per heavy atom. The highest BCUT2D eigenvalue weighted by Gasteiger charge is 2.58. The van der Waals surface area contributed by atoms with Gasteiger partial charge < -0.3 is 35.9 Å². The highest BCUT2D eigenvalue weighted by atomic mass is 31.2. The van der Waals surface area contributed by atoms with Crippen LogP contribution >= 0.6 is 15.6 Å². The van der Waals surface area contributed by atoms with Gasteiger partial charge in [0.15, 0.2) is 40.6 Å². The van der Waals surface area contributed by atoms with Crippen molar-refractivity contribution in [2.24, 2.45) is 5.41 Å². The lowest BCUT2D eigenvalue weighted by Gasteiger charge is -2.41. The van der Waals surface area contributed by atoms with Crippen LogP contribution in [0.5, 0.6) is 5.88 Å². The van der Waals surface area contributed by atoms with Crippen LogP contribution in [0, 0.1) is 12.3 Å². The number of nitrogens with two attached hydrogens (primary N) is 2. The maximum atomic E-state index is 16.0. The van der Waals surface area contributed by atoms with Crippen LogP contribution in [0.25, 0.3) is 22.3 Å². The number of hydrogen-bond acceptors (Lipinski definition) is 21. The number of aromatic nitrogens is 8. The van der Waals surface area contributed by atoms with Gasteiger partial charge in [0.1, 0.15) is 29.9 Å². The summed E-state index contributed by atoms with van der Waals surface area (Å²) in [5.41, 5.74) is 7.00. The minimum Gasteiger partial charge on any atom is -0.476 e. The summed E-state index contributed by atoms with van der Waals surface area (Å²) in [5.74, 6) is -0.136.